The molecule has 1 heterocycles. The molecule has 1 N–H and O–H groups in total. The Morgan fingerprint density at radius 1 is 0.812 bits per heavy atom. The number of carbonyl (C=O) groups is 3. The Bertz CT molecular complexity index is 1090. The summed E-state index contributed by atoms with van der Waals surface area (Å²) in [6, 6.07) is 24.4. The second kappa shape index (κ2) is 9.92. The molecule has 1 saturated heterocycles. The van der Waals surface area contributed by atoms with Crippen LogP contribution in [0.1, 0.15) is 39.9 Å². The standard InChI is InChI=1S/C26H24N2O4/c29-24-14-15-25(30)28(24)17-19-10-12-20(13-11-19)26(31)27-16-21-6-4-5-7-22(21)18-32-23-8-2-1-3-9-23/h1-13H,14-18H2,(H,27,31). The molecule has 0 saturated carbocycles. The van der Waals surface area contributed by atoms with E-state index in [1.54, 1.807) is 24.3 Å². The number of hydrogen-bond donors (Lipinski definition) is 1. The van der Waals surface area contributed by atoms with E-state index in [0.717, 1.165) is 22.4 Å². The van der Waals surface area contributed by atoms with Gasteiger partial charge in [0.05, 0.1) is 6.54 Å². The number of nitrogens with one attached hydrogen (secondary N) is 1. The number of hydrogen-bond acceptors (Lipinski definition) is 4. The molecule has 0 aliphatic carbocycles. The van der Waals surface area contributed by atoms with Crippen molar-refractivity contribution >= 4 is 17.7 Å². The minimum absolute atomic E-state index is 0.147. The van der Waals surface area contributed by atoms with Crippen molar-refractivity contribution in [1.82, 2.24) is 10.2 Å². The SMILES string of the molecule is O=C(NCc1ccccc1COc1ccccc1)c1ccc(CN2C(=O)CCC2=O)cc1. The lowest BCUT2D eigenvalue weighted by Crippen LogP contribution is -2.28. The van der Waals surface area contributed by atoms with Gasteiger partial charge in [0.1, 0.15) is 12.4 Å². The van der Waals surface area contributed by atoms with E-state index < -0.39 is 0 Å². The molecule has 3 amide bonds. The zero-order valence-electron chi connectivity index (χ0n) is 17.6. The molecule has 162 valence electrons. The molecule has 0 radical (unpaired) electrons. The molecule has 3 aromatic rings. The molecule has 1 fully saturated rings. The summed E-state index contributed by atoms with van der Waals surface area (Å²) in [6.07, 6.45) is 0.550. The smallest absolute Gasteiger partial charge is 0.251 e. The van der Waals surface area contributed by atoms with Crippen LogP contribution in [0, 0.1) is 0 Å². The lowest BCUT2D eigenvalue weighted by molar-refractivity contribution is -0.139. The highest BCUT2D eigenvalue weighted by Crippen LogP contribution is 2.17. The Morgan fingerprint density at radius 2 is 1.44 bits per heavy atom. The topological polar surface area (TPSA) is 75.7 Å². The minimum Gasteiger partial charge on any atom is -0.489 e. The number of amides is 3. The highest BCUT2D eigenvalue weighted by Gasteiger charge is 2.28. The average Bonchev–Trinajstić information content (AvgIpc) is 3.15. The van der Waals surface area contributed by atoms with Gasteiger partial charge >= 0.3 is 0 Å². The number of para-hydroxylation sites is 1. The van der Waals surface area contributed by atoms with Crippen LogP contribution in [-0.2, 0) is 29.3 Å². The molecule has 32 heavy (non-hydrogen) atoms. The highest BCUT2D eigenvalue weighted by atomic mass is 16.5. The molecule has 6 heteroatoms. The summed E-state index contributed by atoms with van der Waals surface area (Å²) in [5.74, 6) is 0.311. The van der Waals surface area contributed by atoms with E-state index in [1.165, 1.54) is 4.90 Å². The van der Waals surface area contributed by atoms with Crippen molar-refractivity contribution in [3.8, 4) is 5.75 Å². The minimum atomic E-state index is -0.191. The van der Waals surface area contributed by atoms with E-state index in [1.807, 2.05) is 54.6 Å². The summed E-state index contributed by atoms with van der Waals surface area (Å²) in [5.41, 5.74) is 3.32. The van der Waals surface area contributed by atoms with Crippen LogP contribution < -0.4 is 10.1 Å². The first-order chi connectivity index (χ1) is 15.6. The van der Waals surface area contributed by atoms with Gasteiger partial charge in [-0.2, -0.15) is 0 Å². The van der Waals surface area contributed by atoms with Crippen LogP contribution in [0.25, 0.3) is 0 Å². The van der Waals surface area contributed by atoms with Crippen LogP contribution in [0.5, 0.6) is 5.75 Å². The first-order valence-corrected chi connectivity index (χ1v) is 10.5. The predicted octanol–water partition coefficient (Wildman–Crippen LogP) is 3.84. The Morgan fingerprint density at radius 3 is 2.12 bits per heavy atom. The second-order valence-electron chi connectivity index (χ2n) is 7.62. The van der Waals surface area contributed by atoms with Gasteiger partial charge in [-0.05, 0) is 41.0 Å². The van der Waals surface area contributed by atoms with Crippen LogP contribution in [0.4, 0.5) is 0 Å². The van der Waals surface area contributed by atoms with Crippen molar-refractivity contribution in [3.63, 3.8) is 0 Å². The molecule has 1 aliphatic rings. The Hall–Kier alpha value is -3.93. The molecule has 0 atom stereocenters. The Balaban J connectivity index is 1.34. The van der Waals surface area contributed by atoms with E-state index in [4.69, 9.17) is 4.74 Å². The fraction of sp³-hybridized carbons (Fsp3) is 0.192. The van der Waals surface area contributed by atoms with Crippen LogP contribution in [0.2, 0.25) is 0 Å². The number of ether oxygens (including phenoxy) is 1. The molecular formula is C26H24N2O4. The van der Waals surface area contributed by atoms with Crippen molar-refractivity contribution < 1.29 is 19.1 Å². The van der Waals surface area contributed by atoms with Gasteiger partial charge < -0.3 is 10.1 Å². The molecule has 3 aromatic carbocycles. The van der Waals surface area contributed by atoms with Crippen LogP contribution in [0.3, 0.4) is 0 Å². The molecular weight excluding hydrogens is 404 g/mol. The maximum absolute atomic E-state index is 12.6. The third-order valence-electron chi connectivity index (χ3n) is 5.41. The van der Waals surface area contributed by atoms with Crippen molar-refractivity contribution in [2.24, 2.45) is 0 Å². The van der Waals surface area contributed by atoms with Gasteiger partial charge in [0, 0.05) is 24.9 Å². The third kappa shape index (κ3) is 5.21. The maximum Gasteiger partial charge on any atom is 0.251 e. The zero-order chi connectivity index (χ0) is 22.3. The number of likely N-dealkylation sites (tertiary alicyclic amines) is 1. The van der Waals surface area contributed by atoms with E-state index in [9.17, 15) is 14.4 Å². The number of nitrogens with zero attached hydrogens (tertiary/aromatic N) is 1. The molecule has 0 unspecified atom stereocenters. The summed E-state index contributed by atoms with van der Waals surface area (Å²) in [5, 5.41) is 2.95. The van der Waals surface area contributed by atoms with Crippen molar-refractivity contribution in [1.29, 1.82) is 0 Å². The van der Waals surface area contributed by atoms with Crippen LogP contribution in [0.15, 0.2) is 78.9 Å². The quantitative estimate of drug-likeness (QED) is 0.553. The average molecular weight is 428 g/mol. The van der Waals surface area contributed by atoms with Gasteiger partial charge in [-0.15, -0.1) is 0 Å². The van der Waals surface area contributed by atoms with Crippen LogP contribution >= 0.6 is 0 Å². The molecule has 1 aliphatic heterocycles. The normalized spacial score (nSPS) is 13.3. The molecule has 0 bridgehead atoms. The van der Waals surface area contributed by atoms with Gasteiger partial charge in [0.2, 0.25) is 11.8 Å². The van der Waals surface area contributed by atoms with E-state index >= 15 is 0 Å². The summed E-state index contributed by atoms with van der Waals surface area (Å²) in [7, 11) is 0. The summed E-state index contributed by atoms with van der Waals surface area (Å²) >= 11 is 0. The Labute approximate surface area is 186 Å². The molecule has 4 rings (SSSR count). The Kier molecular flexibility index (Phi) is 6.60. The molecule has 0 aromatic heterocycles. The second-order valence-corrected chi connectivity index (χ2v) is 7.62. The van der Waals surface area contributed by atoms with Gasteiger partial charge in [-0.1, -0.05) is 54.6 Å². The third-order valence-corrected chi connectivity index (χ3v) is 5.41. The number of imide groups is 1. The van der Waals surface area contributed by atoms with Gasteiger partial charge in [-0.25, -0.2) is 0 Å². The van der Waals surface area contributed by atoms with E-state index in [0.29, 0.717) is 18.7 Å². The van der Waals surface area contributed by atoms with Crippen molar-refractivity contribution in [3.05, 3.63) is 101 Å². The van der Waals surface area contributed by atoms with E-state index in [-0.39, 0.29) is 37.1 Å². The highest BCUT2D eigenvalue weighted by molar-refractivity contribution is 6.01. The first kappa shape index (κ1) is 21.3. The van der Waals surface area contributed by atoms with Gasteiger partial charge in [-0.3, -0.25) is 19.3 Å². The fourth-order valence-electron chi connectivity index (χ4n) is 3.57. The van der Waals surface area contributed by atoms with Crippen LogP contribution in [-0.4, -0.2) is 22.6 Å². The van der Waals surface area contributed by atoms with Crippen molar-refractivity contribution in [2.75, 3.05) is 0 Å². The number of benzene rings is 3. The maximum atomic E-state index is 12.6. The number of rotatable bonds is 8. The molecule has 0 spiro atoms. The van der Waals surface area contributed by atoms with Crippen molar-refractivity contribution in [2.45, 2.75) is 32.5 Å². The van der Waals surface area contributed by atoms with Gasteiger partial charge in [0.15, 0.2) is 0 Å². The zero-order valence-corrected chi connectivity index (χ0v) is 17.6. The summed E-state index contributed by atoms with van der Waals surface area (Å²) < 4.78 is 5.84. The lowest BCUT2D eigenvalue weighted by Gasteiger charge is -2.14. The largest absolute Gasteiger partial charge is 0.489 e. The monoisotopic (exact) mass is 428 g/mol. The molecule has 6 nitrogen and oxygen atoms in total. The number of carbonyl (C=O) groups excluding carboxylic acids is 3. The lowest BCUT2D eigenvalue weighted by atomic mass is 10.1. The van der Waals surface area contributed by atoms with Gasteiger partial charge in [0.25, 0.3) is 5.91 Å². The fourth-order valence-corrected chi connectivity index (χ4v) is 3.57. The predicted molar refractivity (Wildman–Crippen MR) is 120 cm³/mol. The first-order valence-electron chi connectivity index (χ1n) is 10.5. The summed E-state index contributed by atoms with van der Waals surface area (Å²) in [4.78, 5) is 37.4. The summed E-state index contributed by atoms with van der Waals surface area (Å²) in [6.45, 7) is 1.04. The van der Waals surface area contributed by atoms with E-state index in [2.05, 4.69) is 5.32 Å².